The summed E-state index contributed by atoms with van der Waals surface area (Å²) in [5.41, 5.74) is 4.20. The highest BCUT2D eigenvalue weighted by molar-refractivity contribution is 6.07. The summed E-state index contributed by atoms with van der Waals surface area (Å²) in [5, 5.41) is 6.36. The summed E-state index contributed by atoms with van der Waals surface area (Å²) in [4.78, 5) is 18.7. The minimum Gasteiger partial charge on any atom is -0.495 e. The second-order valence-corrected chi connectivity index (χ2v) is 8.47. The van der Waals surface area contributed by atoms with E-state index in [0.29, 0.717) is 45.9 Å². The molecule has 0 saturated carbocycles. The van der Waals surface area contributed by atoms with Crippen LogP contribution in [-0.4, -0.2) is 43.9 Å². The smallest absolute Gasteiger partial charge is 0.255 e. The van der Waals surface area contributed by atoms with Crippen LogP contribution in [0.1, 0.15) is 18.5 Å². The van der Waals surface area contributed by atoms with Crippen LogP contribution < -0.4 is 29.6 Å². The van der Waals surface area contributed by atoms with Crippen molar-refractivity contribution in [2.75, 3.05) is 39.1 Å². The molecular weight excluding hydrogens is 472 g/mol. The monoisotopic (exact) mass is 500 g/mol. The Morgan fingerprint density at radius 2 is 1.54 bits per heavy atom. The maximum atomic E-state index is 13.9. The van der Waals surface area contributed by atoms with Gasteiger partial charge in [0.05, 0.1) is 56.8 Å². The first-order chi connectivity index (χ1) is 18.0. The standard InChI is InChI=1S/C28H28N4O5/c1-16-24(27(33)30-19-11-7-9-13-21(19)34-2)25(17-14-22(35-3)26(37-5)23(15-17)36-4)32-20-12-8-6-10-18(20)31-28(32)29-16/h6-15,25H,1-5H3,(H,29,31)(H,30,33)/t25-/m1/s1. The van der Waals surface area contributed by atoms with Crippen LogP contribution in [0.15, 0.2) is 71.9 Å². The number of nitrogens with zero attached hydrogens (tertiary/aromatic N) is 2. The SMILES string of the molecule is COc1ccccc1NC(=O)C1=C(C)Nc2nc3ccccc3n2[C@@H]1c1cc(OC)c(OC)c(OC)c1. The third-order valence-corrected chi connectivity index (χ3v) is 6.43. The number of amides is 1. The lowest BCUT2D eigenvalue weighted by Crippen LogP contribution is -2.31. The normalized spacial score (nSPS) is 14.6. The Morgan fingerprint density at radius 3 is 2.22 bits per heavy atom. The molecule has 0 unspecified atom stereocenters. The van der Waals surface area contributed by atoms with E-state index < -0.39 is 6.04 Å². The van der Waals surface area contributed by atoms with Crippen LogP contribution in [0.4, 0.5) is 11.6 Å². The quantitative estimate of drug-likeness (QED) is 0.369. The van der Waals surface area contributed by atoms with Crippen LogP contribution in [0.2, 0.25) is 0 Å². The Hall–Kier alpha value is -4.66. The van der Waals surface area contributed by atoms with Crippen molar-refractivity contribution in [3.8, 4) is 23.0 Å². The molecule has 0 bridgehead atoms. The van der Waals surface area contributed by atoms with E-state index in [1.165, 1.54) is 0 Å². The number of fused-ring (bicyclic) bond motifs is 3. The Morgan fingerprint density at radius 1 is 0.892 bits per heavy atom. The largest absolute Gasteiger partial charge is 0.495 e. The number of imidazole rings is 1. The van der Waals surface area contributed by atoms with Crippen molar-refractivity contribution in [2.45, 2.75) is 13.0 Å². The number of hydrogen-bond acceptors (Lipinski definition) is 7. The Kier molecular flexibility index (Phi) is 6.35. The summed E-state index contributed by atoms with van der Waals surface area (Å²) in [7, 11) is 6.26. The minimum atomic E-state index is -0.549. The van der Waals surface area contributed by atoms with Crippen LogP contribution in [-0.2, 0) is 4.79 Å². The molecule has 4 aromatic rings. The number of para-hydroxylation sites is 4. The molecular formula is C28H28N4O5. The van der Waals surface area contributed by atoms with Gasteiger partial charge in [-0.05, 0) is 48.9 Å². The van der Waals surface area contributed by atoms with Crippen molar-refractivity contribution in [1.29, 1.82) is 0 Å². The number of rotatable bonds is 7. The Bertz CT molecular complexity index is 1500. The summed E-state index contributed by atoms with van der Waals surface area (Å²) in [5.74, 6) is 2.37. The molecule has 190 valence electrons. The van der Waals surface area contributed by atoms with E-state index in [1.807, 2.05) is 60.0 Å². The fourth-order valence-corrected chi connectivity index (χ4v) is 4.77. The highest BCUT2D eigenvalue weighted by Gasteiger charge is 2.35. The van der Waals surface area contributed by atoms with Gasteiger partial charge < -0.3 is 29.6 Å². The first-order valence-electron chi connectivity index (χ1n) is 11.7. The molecule has 9 heteroatoms. The number of carbonyl (C=O) groups is 1. The van der Waals surface area contributed by atoms with Gasteiger partial charge in [-0.25, -0.2) is 4.98 Å². The average Bonchev–Trinajstić information content (AvgIpc) is 3.29. The van der Waals surface area contributed by atoms with Gasteiger partial charge in [-0.1, -0.05) is 24.3 Å². The Labute approximate surface area is 214 Å². The zero-order valence-electron chi connectivity index (χ0n) is 21.3. The number of anilines is 2. The van der Waals surface area contributed by atoms with Gasteiger partial charge in [-0.15, -0.1) is 0 Å². The van der Waals surface area contributed by atoms with E-state index in [2.05, 4.69) is 10.6 Å². The lowest BCUT2D eigenvalue weighted by Gasteiger charge is -2.31. The second kappa shape index (κ2) is 9.77. The zero-order valence-corrected chi connectivity index (χ0v) is 21.3. The second-order valence-electron chi connectivity index (χ2n) is 8.47. The molecule has 3 aromatic carbocycles. The molecule has 0 radical (unpaired) electrons. The summed E-state index contributed by atoms with van der Waals surface area (Å²) in [6.07, 6.45) is 0. The molecule has 1 aliphatic heterocycles. The third-order valence-electron chi connectivity index (χ3n) is 6.43. The molecule has 2 heterocycles. The van der Waals surface area contributed by atoms with E-state index in [0.717, 1.165) is 16.6 Å². The topological polar surface area (TPSA) is 95.9 Å². The highest BCUT2D eigenvalue weighted by Crippen LogP contribution is 2.45. The zero-order chi connectivity index (χ0) is 26.1. The van der Waals surface area contributed by atoms with E-state index in [-0.39, 0.29) is 5.91 Å². The van der Waals surface area contributed by atoms with Crippen molar-refractivity contribution in [3.05, 3.63) is 77.5 Å². The number of hydrogen-bond donors (Lipinski definition) is 2. The summed E-state index contributed by atoms with van der Waals surface area (Å²) < 4.78 is 24.3. The van der Waals surface area contributed by atoms with Gasteiger partial charge in [-0.2, -0.15) is 0 Å². The van der Waals surface area contributed by atoms with Crippen molar-refractivity contribution in [2.24, 2.45) is 0 Å². The van der Waals surface area contributed by atoms with Gasteiger partial charge in [0.25, 0.3) is 5.91 Å². The molecule has 0 fully saturated rings. The maximum Gasteiger partial charge on any atom is 0.255 e. The highest BCUT2D eigenvalue weighted by atomic mass is 16.5. The predicted octanol–water partition coefficient (Wildman–Crippen LogP) is 5.00. The van der Waals surface area contributed by atoms with Gasteiger partial charge >= 0.3 is 0 Å². The van der Waals surface area contributed by atoms with E-state index in [1.54, 1.807) is 40.6 Å². The molecule has 2 N–H and O–H groups in total. The fourth-order valence-electron chi connectivity index (χ4n) is 4.77. The lowest BCUT2D eigenvalue weighted by atomic mass is 9.93. The van der Waals surface area contributed by atoms with Crippen molar-refractivity contribution in [3.63, 3.8) is 0 Å². The molecule has 0 spiro atoms. The molecule has 1 aromatic heterocycles. The Balaban J connectivity index is 1.72. The molecule has 37 heavy (non-hydrogen) atoms. The first kappa shape index (κ1) is 24.1. The fraction of sp³-hybridized carbons (Fsp3) is 0.214. The number of carbonyl (C=O) groups excluding carboxylic acids is 1. The van der Waals surface area contributed by atoms with Crippen LogP contribution in [0.5, 0.6) is 23.0 Å². The van der Waals surface area contributed by atoms with Crippen molar-refractivity contribution in [1.82, 2.24) is 9.55 Å². The van der Waals surface area contributed by atoms with E-state index in [4.69, 9.17) is 23.9 Å². The third kappa shape index (κ3) is 4.08. The van der Waals surface area contributed by atoms with E-state index >= 15 is 0 Å². The van der Waals surface area contributed by atoms with Crippen LogP contribution >= 0.6 is 0 Å². The van der Waals surface area contributed by atoms with Gasteiger partial charge in [0, 0.05) is 5.70 Å². The molecule has 1 atom stereocenters. The van der Waals surface area contributed by atoms with Gasteiger partial charge in [0.1, 0.15) is 5.75 Å². The summed E-state index contributed by atoms with van der Waals surface area (Å²) in [6, 6.07) is 18.3. The molecule has 1 amide bonds. The molecule has 1 aliphatic rings. The number of allylic oxidation sites excluding steroid dienone is 1. The van der Waals surface area contributed by atoms with Gasteiger partial charge in [0.2, 0.25) is 11.7 Å². The lowest BCUT2D eigenvalue weighted by molar-refractivity contribution is -0.113. The molecule has 0 aliphatic carbocycles. The van der Waals surface area contributed by atoms with Crippen LogP contribution in [0, 0.1) is 0 Å². The number of nitrogens with one attached hydrogen (secondary N) is 2. The van der Waals surface area contributed by atoms with Crippen LogP contribution in [0.25, 0.3) is 11.0 Å². The van der Waals surface area contributed by atoms with Gasteiger partial charge in [0.15, 0.2) is 11.5 Å². The summed E-state index contributed by atoms with van der Waals surface area (Å²) in [6.45, 7) is 1.87. The number of ether oxygens (including phenoxy) is 4. The number of aromatic nitrogens is 2. The van der Waals surface area contributed by atoms with Crippen LogP contribution in [0.3, 0.4) is 0 Å². The number of benzene rings is 3. The molecule has 9 nitrogen and oxygen atoms in total. The van der Waals surface area contributed by atoms with Crippen molar-refractivity contribution < 1.29 is 23.7 Å². The summed E-state index contributed by atoms with van der Waals surface area (Å²) >= 11 is 0. The minimum absolute atomic E-state index is 0.281. The van der Waals surface area contributed by atoms with E-state index in [9.17, 15) is 4.79 Å². The van der Waals surface area contributed by atoms with Crippen molar-refractivity contribution >= 4 is 28.6 Å². The predicted molar refractivity (Wildman–Crippen MR) is 142 cm³/mol. The van der Waals surface area contributed by atoms with Gasteiger partial charge in [-0.3, -0.25) is 9.36 Å². The molecule has 5 rings (SSSR count). The number of methoxy groups -OCH3 is 4. The first-order valence-corrected chi connectivity index (χ1v) is 11.7. The maximum absolute atomic E-state index is 13.9. The average molecular weight is 501 g/mol. The molecule has 0 saturated heterocycles.